The van der Waals surface area contributed by atoms with Crippen LogP contribution >= 0.6 is 11.3 Å². The first-order chi connectivity index (χ1) is 9.40. The number of carbonyl (C=O) groups excluding carboxylic acids is 1. The quantitative estimate of drug-likeness (QED) is 0.754. The number of likely N-dealkylation sites (N-methyl/N-ethyl adjacent to an activating group) is 1. The summed E-state index contributed by atoms with van der Waals surface area (Å²) in [5.74, 6) is -1.13. The van der Waals surface area contributed by atoms with Gasteiger partial charge in [-0.05, 0) is 33.0 Å². The highest BCUT2D eigenvalue weighted by Crippen LogP contribution is 2.16. The topological polar surface area (TPSA) is 69.6 Å². The van der Waals surface area contributed by atoms with E-state index in [0.717, 1.165) is 17.5 Å². The van der Waals surface area contributed by atoms with Crippen LogP contribution in [0.15, 0.2) is 17.5 Å². The number of carbonyl (C=O) groups is 2. The van der Waals surface area contributed by atoms with Gasteiger partial charge in [-0.1, -0.05) is 0 Å². The van der Waals surface area contributed by atoms with Gasteiger partial charge in [-0.25, -0.2) is 4.79 Å². The molecule has 0 aromatic carbocycles. The van der Waals surface area contributed by atoms with Gasteiger partial charge in [-0.2, -0.15) is 0 Å². The summed E-state index contributed by atoms with van der Waals surface area (Å²) in [6.45, 7) is 5.58. The van der Waals surface area contributed by atoms with Crippen LogP contribution in [-0.2, 0) is 4.79 Å². The number of hydrogen-bond donors (Lipinski definition) is 2. The van der Waals surface area contributed by atoms with E-state index in [2.05, 4.69) is 24.1 Å². The van der Waals surface area contributed by atoms with Crippen LogP contribution in [0, 0.1) is 0 Å². The fourth-order valence-electron chi connectivity index (χ4n) is 1.42. The van der Waals surface area contributed by atoms with Crippen LogP contribution in [0.1, 0.15) is 29.1 Å². The van der Waals surface area contributed by atoms with E-state index in [1.54, 1.807) is 11.4 Å². The lowest BCUT2D eigenvalue weighted by Gasteiger charge is -2.20. The van der Waals surface area contributed by atoms with Gasteiger partial charge in [0, 0.05) is 35.5 Å². The molecule has 0 aliphatic heterocycles. The third-order valence-electron chi connectivity index (χ3n) is 2.90. The summed E-state index contributed by atoms with van der Waals surface area (Å²) >= 11 is 1.34. The van der Waals surface area contributed by atoms with E-state index in [4.69, 9.17) is 5.11 Å². The molecule has 0 bridgehead atoms. The Bertz CT molecular complexity index is 494. The zero-order valence-electron chi connectivity index (χ0n) is 11.9. The molecule has 1 aromatic rings. The van der Waals surface area contributed by atoms with E-state index < -0.39 is 5.97 Å². The molecule has 0 atom stereocenters. The number of nitrogens with one attached hydrogen (secondary N) is 1. The predicted octanol–water partition coefficient (Wildman–Crippen LogP) is 1.92. The van der Waals surface area contributed by atoms with Crippen molar-refractivity contribution in [3.63, 3.8) is 0 Å². The molecule has 2 N–H and O–H groups in total. The normalized spacial score (nSPS) is 11.4. The van der Waals surface area contributed by atoms with Crippen molar-refractivity contribution in [2.24, 2.45) is 0 Å². The Hall–Kier alpha value is -1.66. The molecule has 110 valence electrons. The monoisotopic (exact) mass is 296 g/mol. The Morgan fingerprint density at radius 1 is 1.50 bits per heavy atom. The maximum absolute atomic E-state index is 11.9. The molecule has 0 saturated heterocycles. The zero-order chi connectivity index (χ0) is 15.1. The molecule has 0 saturated carbocycles. The predicted molar refractivity (Wildman–Crippen MR) is 81.1 cm³/mol. The van der Waals surface area contributed by atoms with Gasteiger partial charge in [0.1, 0.15) is 0 Å². The third-order valence-corrected chi connectivity index (χ3v) is 3.80. The molecule has 0 spiro atoms. The summed E-state index contributed by atoms with van der Waals surface area (Å²) in [7, 11) is 2.01. The fraction of sp³-hybridized carbons (Fsp3) is 0.429. The van der Waals surface area contributed by atoms with Crippen molar-refractivity contribution >= 4 is 29.3 Å². The summed E-state index contributed by atoms with van der Waals surface area (Å²) in [4.78, 5) is 25.2. The van der Waals surface area contributed by atoms with Gasteiger partial charge < -0.3 is 15.3 Å². The molecule has 1 heterocycles. The maximum atomic E-state index is 11.9. The van der Waals surface area contributed by atoms with Crippen LogP contribution in [0.2, 0.25) is 0 Å². The number of thiophene rings is 1. The van der Waals surface area contributed by atoms with E-state index in [9.17, 15) is 9.59 Å². The van der Waals surface area contributed by atoms with Crippen LogP contribution in [0.25, 0.3) is 6.08 Å². The summed E-state index contributed by atoms with van der Waals surface area (Å²) in [5, 5.41) is 13.1. The minimum atomic E-state index is -0.999. The van der Waals surface area contributed by atoms with Gasteiger partial charge in [0.05, 0.1) is 5.56 Å². The smallest absolute Gasteiger partial charge is 0.328 e. The Morgan fingerprint density at radius 3 is 2.80 bits per heavy atom. The lowest BCUT2D eigenvalue weighted by Crippen LogP contribution is -2.36. The van der Waals surface area contributed by atoms with Crippen LogP contribution < -0.4 is 5.32 Å². The molecule has 5 nitrogen and oxygen atoms in total. The largest absolute Gasteiger partial charge is 0.478 e. The highest BCUT2D eigenvalue weighted by atomic mass is 32.1. The second kappa shape index (κ2) is 7.81. The van der Waals surface area contributed by atoms with Crippen LogP contribution in [-0.4, -0.2) is 48.1 Å². The Balaban J connectivity index is 2.46. The van der Waals surface area contributed by atoms with E-state index in [0.29, 0.717) is 18.2 Å². The van der Waals surface area contributed by atoms with Crippen molar-refractivity contribution in [1.82, 2.24) is 10.2 Å². The molecular formula is C14H20N2O3S. The van der Waals surface area contributed by atoms with Gasteiger partial charge in [0.25, 0.3) is 5.91 Å². The standard InChI is InChI=1S/C14H20N2O3S/c1-10(2)16(3)7-6-15-14(19)11-8-12(20-9-11)4-5-13(17)18/h4-5,8-10H,6-7H2,1-3H3,(H,15,19)(H,17,18). The first kappa shape index (κ1) is 16.4. The van der Waals surface area contributed by atoms with Gasteiger partial charge >= 0.3 is 5.97 Å². The van der Waals surface area contributed by atoms with Gasteiger partial charge in [0.2, 0.25) is 0 Å². The number of amides is 1. The molecule has 0 aliphatic rings. The number of hydrogen-bond acceptors (Lipinski definition) is 4. The summed E-state index contributed by atoms with van der Waals surface area (Å²) in [5.41, 5.74) is 0.562. The summed E-state index contributed by atoms with van der Waals surface area (Å²) in [6.07, 6.45) is 2.54. The number of rotatable bonds is 7. The first-order valence-electron chi connectivity index (χ1n) is 6.38. The van der Waals surface area contributed by atoms with Crippen LogP contribution in [0.3, 0.4) is 0 Å². The van der Waals surface area contributed by atoms with Crippen molar-refractivity contribution in [3.05, 3.63) is 28.0 Å². The fourth-order valence-corrected chi connectivity index (χ4v) is 2.20. The Kier molecular flexibility index (Phi) is 6.41. The van der Waals surface area contributed by atoms with Gasteiger partial charge in [-0.3, -0.25) is 4.79 Å². The number of carboxylic acid groups (broad SMARTS) is 1. The average molecular weight is 296 g/mol. The van der Waals surface area contributed by atoms with Gasteiger partial charge in [-0.15, -0.1) is 11.3 Å². The minimum Gasteiger partial charge on any atom is -0.478 e. The Labute approximate surface area is 122 Å². The zero-order valence-corrected chi connectivity index (χ0v) is 12.7. The number of carboxylic acids is 1. The SMILES string of the molecule is CC(C)N(C)CCNC(=O)c1csc(C=CC(=O)O)c1. The Morgan fingerprint density at radius 2 is 2.20 bits per heavy atom. The molecule has 0 fully saturated rings. The third kappa shape index (κ3) is 5.54. The molecular weight excluding hydrogens is 276 g/mol. The molecule has 20 heavy (non-hydrogen) atoms. The minimum absolute atomic E-state index is 0.131. The second-order valence-corrected chi connectivity index (χ2v) is 5.68. The maximum Gasteiger partial charge on any atom is 0.328 e. The first-order valence-corrected chi connectivity index (χ1v) is 7.26. The molecule has 0 aliphatic carbocycles. The molecule has 1 aromatic heterocycles. The van der Waals surface area contributed by atoms with E-state index in [-0.39, 0.29) is 5.91 Å². The van der Waals surface area contributed by atoms with Crippen LogP contribution in [0.4, 0.5) is 0 Å². The van der Waals surface area contributed by atoms with Crippen molar-refractivity contribution in [2.75, 3.05) is 20.1 Å². The highest BCUT2D eigenvalue weighted by Gasteiger charge is 2.08. The van der Waals surface area contributed by atoms with Crippen molar-refractivity contribution < 1.29 is 14.7 Å². The number of aliphatic carboxylic acids is 1. The average Bonchev–Trinajstić information content (AvgIpc) is 2.84. The van der Waals surface area contributed by atoms with Crippen molar-refractivity contribution in [2.45, 2.75) is 19.9 Å². The number of nitrogens with zero attached hydrogens (tertiary/aromatic N) is 1. The van der Waals surface area contributed by atoms with Crippen molar-refractivity contribution in [1.29, 1.82) is 0 Å². The second-order valence-electron chi connectivity index (χ2n) is 4.74. The lowest BCUT2D eigenvalue weighted by molar-refractivity contribution is -0.131. The molecule has 1 amide bonds. The van der Waals surface area contributed by atoms with E-state index in [1.807, 2.05) is 7.05 Å². The lowest BCUT2D eigenvalue weighted by atomic mass is 10.3. The van der Waals surface area contributed by atoms with E-state index in [1.165, 1.54) is 17.4 Å². The van der Waals surface area contributed by atoms with Crippen molar-refractivity contribution in [3.8, 4) is 0 Å². The summed E-state index contributed by atoms with van der Waals surface area (Å²) < 4.78 is 0. The highest BCUT2D eigenvalue weighted by molar-refractivity contribution is 7.11. The van der Waals surface area contributed by atoms with Crippen LogP contribution in [0.5, 0.6) is 0 Å². The van der Waals surface area contributed by atoms with Gasteiger partial charge in [0.15, 0.2) is 0 Å². The molecule has 0 unspecified atom stereocenters. The summed E-state index contributed by atoms with van der Waals surface area (Å²) in [6, 6.07) is 2.13. The molecule has 1 rings (SSSR count). The molecule has 6 heteroatoms. The van der Waals surface area contributed by atoms with E-state index >= 15 is 0 Å². The molecule has 0 radical (unpaired) electrons.